The third kappa shape index (κ3) is 25.4. The van der Waals surface area contributed by atoms with Gasteiger partial charge in [-0.2, -0.15) is 0 Å². The lowest BCUT2D eigenvalue weighted by Crippen LogP contribution is -2.03. The fourth-order valence-electron chi connectivity index (χ4n) is 3.77. The predicted molar refractivity (Wildman–Crippen MR) is 133 cm³/mol. The molecule has 1 atom stereocenters. The zero-order chi connectivity index (χ0) is 21.3. The second kappa shape index (κ2) is 25.5. The smallest absolute Gasteiger partial charge is 0.0537 e. The molecule has 0 aromatic rings. The van der Waals surface area contributed by atoms with Gasteiger partial charge in [-0.25, -0.2) is 0 Å². The number of rotatable bonds is 23. The highest BCUT2D eigenvalue weighted by atomic mass is 16.3. The second-order valence-corrected chi connectivity index (χ2v) is 8.90. The highest BCUT2D eigenvalue weighted by molar-refractivity contribution is 4.82. The quantitative estimate of drug-likeness (QED) is 0.132. The number of hydrogen-bond acceptors (Lipinski definition) is 1. The summed E-state index contributed by atoms with van der Waals surface area (Å²) in [6.45, 7) is 4.35. The second-order valence-electron chi connectivity index (χ2n) is 8.90. The van der Waals surface area contributed by atoms with Crippen LogP contribution >= 0.6 is 0 Å². The molecule has 1 heteroatoms. The molecule has 1 nitrogen and oxygen atoms in total. The van der Waals surface area contributed by atoms with E-state index in [4.69, 9.17) is 0 Å². The van der Waals surface area contributed by atoms with Gasteiger partial charge in [-0.1, -0.05) is 109 Å². The molecule has 1 unspecified atom stereocenters. The van der Waals surface area contributed by atoms with Crippen molar-refractivity contribution in [3.8, 4) is 0 Å². The minimum Gasteiger partial charge on any atom is -0.393 e. The van der Waals surface area contributed by atoms with E-state index in [1.807, 2.05) is 0 Å². The standard InChI is InChI=1S/C28H54O/c1-3-5-6-7-8-9-10-11-12-13-14-15-16-17-18-19-20-21-22-23-24-25-26-27-28(29)4-2/h11-12,20-21,28-29H,3-10,13-19,22-27H2,1-2H3/b12-11+,21-20+. The zero-order valence-electron chi connectivity index (χ0n) is 20.2. The Morgan fingerprint density at radius 1 is 0.483 bits per heavy atom. The van der Waals surface area contributed by atoms with Crippen molar-refractivity contribution in [2.75, 3.05) is 0 Å². The number of unbranched alkanes of at least 4 members (excludes halogenated alkanes) is 16. The first-order valence-corrected chi connectivity index (χ1v) is 13.3. The van der Waals surface area contributed by atoms with Gasteiger partial charge < -0.3 is 5.11 Å². The fourth-order valence-corrected chi connectivity index (χ4v) is 3.77. The summed E-state index contributed by atoms with van der Waals surface area (Å²) >= 11 is 0. The largest absolute Gasteiger partial charge is 0.393 e. The minimum absolute atomic E-state index is 0.0683. The molecule has 0 fully saturated rings. The molecule has 0 spiro atoms. The van der Waals surface area contributed by atoms with Gasteiger partial charge in [-0.05, 0) is 64.2 Å². The molecule has 0 aromatic heterocycles. The van der Waals surface area contributed by atoms with Crippen molar-refractivity contribution < 1.29 is 5.11 Å². The maximum Gasteiger partial charge on any atom is 0.0537 e. The molecular weight excluding hydrogens is 352 g/mol. The van der Waals surface area contributed by atoms with Crippen molar-refractivity contribution in [1.82, 2.24) is 0 Å². The van der Waals surface area contributed by atoms with E-state index in [1.54, 1.807) is 0 Å². The van der Waals surface area contributed by atoms with Gasteiger partial charge in [0.25, 0.3) is 0 Å². The van der Waals surface area contributed by atoms with E-state index in [0.29, 0.717) is 0 Å². The lowest BCUT2D eigenvalue weighted by atomic mass is 10.1. The first kappa shape index (κ1) is 28.4. The van der Waals surface area contributed by atoms with Crippen molar-refractivity contribution in [2.24, 2.45) is 0 Å². The van der Waals surface area contributed by atoms with Crippen molar-refractivity contribution >= 4 is 0 Å². The first-order chi connectivity index (χ1) is 14.3. The zero-order valence-corrected chi connectivity index (χ0v) is 20.2. The summed E-state index contributed by atoms with van der Waals surface area (Å²) in [6.07, 6.45) is 37.0. The molecule has 0 bridgehead atoms. The van der Waals surface area contributed by atoms with Crippen LogP contribution in [0.5, 0.6) is 0 Å². The molecule has 29 heavy (non-hydrogen) atoms. The van der Waals surface area contributed by atoms with E-state index in [-0.39, 0.29) is 6.10 Å². The molecular formula is C28H54O. The normalized spacial score (nSPS) is 13.1. The van der Waals surface area contributed by atoms with Gasteiger partial charge in [-0.3, -0.25) is 0 Å². The van der Waals surface area contributed by atoms with Gasteiger partial charge >= 0.3 is 0 Å². The molecule has 1 N–H and O–H groups in total. The van der Waals surface area contributed by atoms with Gasteiger partial charge in [-0.15, -0.1) is 0 Å². The molecule has 0 saturated carbocycles. The van der Waals surface area contributed by atoms with Crippen molar-refractivity contribution in [1.29, 1.82) is 0 Å². The topological polar surface area (TPSA) is 20.2 Å². The monoisotopic (exact) mass is 406 g/mol. The van der Waals surface area contributed by atoms with Crippen LogP contribution in [-0.4, -0.2) is 11.2 Å². The summed E-state index contributed by atoms with van der Waals surface area (Å²) in [7, 11) is 0. The van der Waals surface area contributed by atoms with Gasteiger partial charge in [0, 0.05) is 0 Å². The number of aliphatic hydroxyl groups is 1. The minimum atomic E-state index is -0.0683. The fraction of sp³-hybridized carbons (Fsp3) is 0.857. The van der Waals surface area contributed by atoms with E-state index in [0.717, 1.165) is 12.8 Å². The van der Waals surface area contributed by atoms with Crippen LogP contribution in [0.4, 0.5) is 0 Å². The van der Waals surface area contributed by atoms with Crippen molar-refractivity contribution in [3.05, 3.63) is 24.3 Å². The Labute approximate surface area is 184 Å². The maximum absolute atomic E-state index is 9.52. The summed E-state index contributed by atoms with van der Waals surface area (Å²) in [4.78, 5) is 0. The third-order valence-electron chi connectivity index (χ3n) is 5.93. The number of hydrogen-bond donors (Lipinski definition) is 1. The average Bonchev–Trinajstić information content (AvgIpc) is 2.74. The number of allylic oxidation sites excluding steroid dienone is 4. The molecule has 0 amide bonds. The Kier molecular flexibility index (Phi) is 25.0. The molecule has 0 rings (SSSR count). The number of aliphatic hydroxyl groups excluding tert-OH is 1. The predicted octanol–water partition coefficient (Wildman–Crippen LogP) is 9.69. The van der Waals surface area contributed by atoms with Crippen molar-refractivity contribution in [3.63, 3.8) is 0 Å². The van der Waals surface area contributed by atoms with Gasteiger partial charge in [0.15, 0.2) is 0 Å². The van der Waals surface area contributed by atoms with E-state index in [1.165, 1.54) is 122 Å². The summed E-state index contributed by atoms with van der Waals surface area (Å²) in [5.41, 5.74) is 0. The van der Waals surface area contributed by atoms with Gasteiger partial charge in [0.2, 0.25) is 0 Å². The molecule has 0 aliphatic heterocycles. The van der Waals surface area contributed by atoms with Crippen LogP contribution in [0.25, 0.3) is 0 Å². The highest BCUT2D eigenvalue weighted by Gasteiger charge is 1.99. The Bertz CT molecular complexity index is 344. The third-order valence-corrected chi connectivity index (χ3v) is 5.93. The van der Waals surface area contributed by atoms with E-state index in [2.05, 4.69) is 38.2 Å². The highest BCUT2D eigenvalue weighted by Crippen LogP contribution is 2.11. The molecule has 0 heterocycles. The molecule has 0 aliphatic rings. The van der Waals surface area contributed by atoms with Crippen LogP contribution in [0.1, 0.15) is 149 Å². The SMILES string of the molecule is CCCCCCCC/C=C/CCCCCCC/C=C/CCCCCCC(O)CC. The Balaban J connectivity index is 3.15. The molecule has 0 aliphatic carbocycles. The van der Waals surface area contributed by atoms with E-state index >= 15 is 0 Å². The Hall–Kier alpha value is -0.560. The lowest BCUT2D eigenvalue weighted by Gasteiger charge is -2.06. The van der Waals surface area contributed by atoms with Crippen molar-refractivity contribution in [2.45, 2.75) is 155 Å². The van der Waals surface area contributed by atoms with Gasteiger partial charge in [0.1, 0.15) is 0 Å². The molecule has 0 aromatic carbocycles. The molecule has 0 radical (unpaired) electrons. The van der Waals surface area contributed by atoms with Crippen LogP contribution in [0.15, 0.2) is 24.3 Å². The first-order valence-electron chi connectivity index (χ1n) is 13.3. The summed E-state index contributed by atoms with van der Waals surface area (Å²) in [5.74, 6) is 0. The maximum atomic E-state index is 9.52. The van der Waals surface area contributed by atoms with Crippen LogP contribution in [0, 0.1) is 0 Å². The lowest BCUT2D eigenvalue weighted by molar-refractivity contribution is 0.156. The summed E-state index contributed by atoms with van der Waals surface area (Å²) in [5, 5.41) is 9.52. The van der Waals surface area contributed by atoms with Crippen LogP contribution in [0.2, 0.25) is 0 Å². The van der Waals surface area contributed by atoms with Crippen LogP contribution in [-0.2, 0) is 0 Å². The van der Waals surface area contributed by atoms with Gasteiger partial charge in [0.05, 0.1) is 6.10 Å². The van der Waals surface area contributed by atoms with Crippen LogP contribution < -0.4 is 0 Å². The average molecular weight is 407 g/mol. The molecule has 172 valence electrons. The summed E-state index contributed by atoms with van der Waals surface area (Å²) in [6, 6.07) is 0. The Morgan fingerprint density at radius 2 is 0.828 bits per heavy atom. The van der Waals surface area contributed by atoms with E-state index < -0.39 is 0 Å². The summed E-state index contributed by atoms with van der Waals surface area (Å²) < 4.78 is 0. The molecule has 0 saturated heterocycles. The van der Waals surface area contributed by atoms with E-state index in [9.17, 15) is 5.11 Å². The Morgan fingerprint density at radius 3 is 1.21 bits per heavy atom. The van der Waals surface area contributed by atoms with Crippen LogP contribution in [0.3, 0.4) is 0 Å².